The molecule has 33 heavy (non-hydrogen) atoms. The number of ether oxygens (including phenoxy) is 3. The first kappa shape index (κ1) is 23.6. The van der Waals surface area contributed by atoms with Crippen LogP contribution in [0, 0.1) is 0 Å². The van der Waals surface area contributed by atoms with Crippen molar-refractivity contribution in [3.63, 3.8) is 0 Å². The van der Waals surface area contributed by atoms with Gasteiger partial charge in [-0.3, -0.25) is 14.5 Å². The zero-order valence-electron chi connectivity index (χ0n) is 18.2. The minimum atomic E-state index is -0.608. The van der Waals surface area contributed by atoms with Crippen molar-refractivity contribution in [3.05, 3.63) is 46.4 Å². The van der Waals surface area contributed by atoms with E-state index in [1.54, 1.807) is 48.2 Å². The Morgan fingerprint density at radius 3 is 2.70 bits per heavy atom. The molecule has 0 spiro atoms. The molecule has 176 valence electrons. The van der Waals surface area contributed by atoms with Crippen molar-refractivity contribution in [3.8, 4) is 11.5 Å². The summed E-state index contributed by atoms with van der Waals surface area (Å²) in [4.78, 5) is 29.1. The summed E-state index contributed by atoms with van der Waals surface area (Å²) in [7, 11) is 0. The molecule has 10 heteroatoms. The molecule has 2 aromatic carbocycles. The van der Waals surface area contributed by atoms with Crippen molar-refractivity contribution in [1.82, 2.24) is 4.90 Å². The minimum absolute atomic E-state index is 0.0826. The highest BCUT2D eigenvalue weighted by molar-refractivity contribution is 6.35. The molecule has 2 amide bonds. The second-order valence-corrected chi connectivity index (χ2v) is 8.64. The number of anilines is 2. The number of nitrogens with zero attached hydrogens (tertiary/aromatic N) is 2. The molecule has 2 aromatic rings. The molecule has 0 radical (unpaired) electrons. The Kier molecular flexibility index (Phi) is 7.60. The highest BCUT2D eigenvalue weighted by Crippen LogP contribution is 2.36. The fourth-order valence-corrected chi connectivity index (χ4v) is 4.18. The topological polar surface area (TPSA) is 80.3 Å². The number of carbonyl (C=O) groups excluding carboxylic acids is 2. The highest BCUT2D eigenvalue weighted by Gasteiger charge is 2.32. The third-order valence-corrected chi connectivity index (χ3v) is 5.98. The van der Waals surface area contributed by atoms with Gasteiger partial charge in [0.15, 0.2) is 12.7 Å². The van der Waals surface area contributed by atoms with E-state index < -0.39 is 6.10 Å². The first-order valence-corrected chi connectivity index (χ1v) is 11.5. The molecule has 2 heterocycles. The first-order valence-electron chi connectivity index (χ1n) is 10.7. The maximum atomic E-state index is 12.7. The zero-order chi connectivity index (χ0) is 23.4. The van der Waals surface area contributed by atoms with Crippen LogP contribution < -0.4 is 19.7 Å². The molecule has 1 unspecified atom stereocenters. The van der Waals surface area contributed by atoms with Crippen LogP contribution in [0.5, 0.6) is 11.5 Å². The van der Waals surface area contributed by atoms with E-state index in [0.29, 0.717) is 52.7 Å². The summed E-state index contributed by atoms with van der Waals surface area (Å²) in [6.45, 7) is 5.94. The van der Waals surface area contributed by atoms with Crippen LogP contribution in [0.15, 0.2) is 36.4 Å². The van der Waals surface area contributed by atoms with E-state index in [9.17, 15) is 9.59 Å². The van der Waals surface area contributed by atoms with Gasteiger partial charge in [0.25, 0.3) is 11.8 Å². The van der Waals surface area contributed by atoms with Crippen LogP contribution >= 0.6 is 23.2 Å². The Balaban J connectivity index is 1.39. The van der Waals surface area contributed by atoms with Crippen molar-refractivity contribution in [2.75, 3.05) is 56.2 Å². The fraction of sp³-hybridized carbons (Fsp3) is 0.391. The highest BCUT2D eigenvalue weighted by atomic mass is 35.5. The number of morpholine rings is 1. The molecule has 1 fully saturated rings. The van der Waals surface area contributed by atoms with Gasteiger partial charge in [-0.25, -0.2) is 0 Å². The lowest BCUT2D eigenvalue weighted by Crippen LogP contribution is -2.48. The molecule has 4 rings (SSSR count). The fourth-order valence-electron chi connectivity index (χ4n) is 3.72. The van der Waals surface area contributed by atoms with E-state index in [0.717, 1.165) is 19.6 Å². The second kappa shape index (κ2) is 10.6. The third-order valence-electron chi connectivity index (χ3n) is 5.45. The predicted octanol–water partition coefficient (Wildman–Crippen LogP) is 3.46. The van der Waals surface area contributed by atoms with Gasteiger partial charge in [-0.1, -0.05) is 23.2 Å². The van der Waals surface area contributed by atoms with Gasteiger partial charge in [0.2, 0.25) is 0 Å². The van der Waals surface area contributed by atoms with Crippen molar-refractivity contribution in [2.45, 2.75) is 13.0 Å². The molecule has 2 aliphatic rings. The van der Waals surface area contributed by atoms with Gasteiger partial charge in [-0.2, -0.15) is 0 Å². The lowest BCUT2D eigenvalue weighted by molar-refractivity contribution is -0.125. The molecule has 0 bridgehead atoms. The van der Waals surface area contributed by atoms with Crippen LogP contribution in [-0.4, -0.2) is 68.8 Å². The predicted molar refractivity (Wildman–Crippen MR) is 127 cm³/mol. The van der Waals surface area contributed by atoms with E-state index in [-0.39, 0.29) is 18.4 Å². The van der Waals surface area contributed by atoms with Crippen LogP contribution in [0.25, 0.3) is 0 Å². The molecular weight excluding hydrogens is 469 g/mol. The Morgan fingerprint density at radius 1 is 1.15 bits per heavy atom. The van der Waals surface area contributed by atoms with E-state index in [1.807, 2.05) is 0 Å². The van der Waals surface area contributed by atoms with E-state index >= 15 is 0 Å². The average molecular weight is 494 g/mol. The van der Waals surface area contributed by atoms with Crippen molar-refractivity contribution < 1.29 is 23.8 Å². The maximum Gasteiger partial charge on any atom is 0.267 e. The van der Waals surface area contributed by atoms with Crippen molar-refractivity contribution in [1.29, 1.82) is 0 Å². The van der Waals surface area contributed by atoms with Gasteiger partial charge in [0.1, 0.15) is 11.5 Å². The maximum absolute atomic E-state index is 12.7. The number of nitrogens with one attached hydrogen (secondary N) is 1. The lowest BCUT2D eigenvalue weighted by Gasteiger charge is -2.35. The van der Waals surface area contributed by atoms with Crippen molar-refractivity contribution >= 4 is 46.4 Å². The summed E-state index contributed by atoms with van der Waals surface area (Å²) >= 11 is 11.9. The second-order valence-electron chi connectivity index (χ2n) is 7.80. The Hall–Kier alpha value is -2.52. The standard InChI is InChI=1S/C23H25Cl2N3O5/c1-15-23(30)28(7-6-27-8-10-31-11-9-27)19-4-3-17(13-21(19)33-15)26-22(29)14-32-20-5-2-16(24)12-18(20)25/h2-5,12-13,15H,6-11,14H2,1H3,(H,26,29). The molecular formula is C23H25Cl2N3O5. The zero-order valence-corrected chi connectivity index (χ0v) is 19.7. The molecule has 2 aliphatic heterocycles. The SMILES string of the molecule is CC1Oc2cc(NC(=O)COc3ccc(Cl)cc3Cl)ccc2N(CCN2CCOCC2)C1=O. The number of benzene rings is 2. The summed E-state index contributed by atoms with van der Waals surface area (Å²) in [5.41, 5.74) is 1.23. The number of halogens is 2. The molecule has 0 aliphatic carbocycles. The molecule has 8 nitrogen and oxygen atoms in total. The van der Waals surface area contributed by atoms with Crippen LogP contribution in [0.4, 0.5) is 11.4 Å². The molecule has 0 aromatic heterocycles. The van der Waals surface area contributed by atoms with E-state index in [1.165, 1.54) is 0 Å². The molecule has 1 saturated heterocycles. The lowest BCUT2D eigenvalue weighted by atomic mass is 10.1. The number of fused-ring (bicyclic) bond motifs is 1. The summed E-state index contributed by atoms with van der Waals surface area (Å²) in [5.74, 6) is 0.475. The summed E-state index contributed by atoms with van der Waals surface area (Å²) < 4.78 is 16.7. The number of carbonyl (C=O) groups is 2. The van der Waals surface area contributed by atoms with Crippen molar-refractivity contribution in [2.24, 2.45) is 0 Å². The van der Waals surface area contributed by atoms with Crippen LogP contribution in [-0.2, 0) is 14.3 Å². The summed E-state index contributed by atoms with van der Waals surface area (Å²) in [6.07, 6.45) is -0.608. The van der Waals surface area contributed by atoms with Crippen LogP contribution in [0.3, 0.4) is 0 Å². The molecule has 1 atom stereocenters. The number of amides is 2. The quantitative estimate of drug-likeness (QED) is 0.635. The largest absolute Gasteiger partial charge is 0.482 e. The van der Waals surface area contributed by atoms with Gasteiger partial charge in [0.05, 0.1) is 23.9 Å². The first-order chi connectivity index (χ1) is 15.9. The van der Waals surface area contributed by atoms with Crippen LogP contribution in [0.1, 0.15) is 6.92 Å². The van der Waals surface area contributed by atoms with Crippen LogP contribution in [0.2, 0.25) is 10.0 Å². The molecule has 0 saturated carbocycles. The van der Waals surface area contributed by atoms with E-state index in [2.05, 4.69) is 10.2 Å². The van der Waals surface area contributed by atoms with Gasteiger partial charge in [-0.15, -0.1) is 0 Å². The summed E-state index contributed by atoms with van der Waals surface area (Å²) in [6, 6.07) is 10.0. The van der Waals surface area contributed by atoms with Gasteiger partial charge >= 0.3 is 0 Å². The van der Waals surface area contributed by atoms with Gasteiger partial charge in [-0.05, 0) is 37.3 Å². The number of hydrogen-bond acceptors (Lipinski definition) is 6. The Labute approximate surface area is 202 Å². The number of rotatable bonds is 7. The third kappa shape index (κ3) is 5.89. The molecule has 1 N–H and O–H groups in total. The number of hydrogen-bond donors (Lipinski definition) is 1. The average Bonchev–Trinajstić information content (AvgIpc) is 2.79. The smallest absolute Gasteiger partial charge is 0.267 e. The Bertz CT molecular complexity index is 1030. The van der Waals surface area contributed by atoms with Gasteiger partial charge < -0.3 is 24.4 Å². The summed E-state index contributed by atoms with van der Waals surface area (Å²) in [5, 5.41) is 3.59. The Morgan fingerprint density at radius 2 is 1.94 bits per heavy atom. The van der Waals surface area contributed by atoms with E-state index in [4.69, 9.17) is 37.4 Å². The minimum Gasteiger partial charge on any atom is -0.482 e. The van der Waals surface area contributed by atoms with Gasteiger partial charge in [0, 0.05) is 43.0 Å². The monoisotopic (exact) mass is 493 g/mol. The normalized spacial score (nSPS) is 18.5.